The molecule has 15 aromatic rings. The molecule has 7 aromatic carbocycles. The van der Waals surface area contributed by atoms with E-state index in [-0.39, 0.29) is 75.9 Å². The van der Waals surface area contributed by atoms with Crippen molar-refractivity contribution in [3.8, 4) is 11.8 Å². The van der Waals surface area contributed by atoms with Crippen molar-refractivity contribution in [2.45, 2.75) is 239 Å². The van der Waals surface area contributed by atoms with E-state index in [1.165, 1.54) is 0 Å². The number of amides is 9. The Labute approximate surface area is 836 Å². The number of unbranched alkanes of at least 4 members (excludes halogenated alkanes) is 7. The number of carbonyl (C=O) groups excluding carboxylic acids is 10. The maximum atomic E-state index is 14.8. The number of nitrogen functional groups attached to an aromatic ring is 3. The van der Waals surface area contributed by atoms with Crippen molar-refractivity contribution in [1.29, 1.82) is 0 Å². The van der Waals surface area contributed by atoms with Gasteiger partial charge in [-0.25, -0.2) is 29.9 Å². The van der Waals surface area contributed by atoms with Gasteiger partial charge < -0.3 is 88.7 Å². The lowest BCUT2D eigenvalue weighted by atomic mass is 10.0. The number of carbonyl (C=O) groups is 10. The number of pyridine rings is 3. The molecule has 3 unspecified atom stereocenters. The number of aryl methyl sites for hydroxylation is 6. The topological polar surface area (TPSA) is 486 Å². The Morgan fingerprint density at radius 2 is 0.861 bits per heavy atom. The van der Waals surface area contributed by atoms with Gasteiger partial charge in [-0.3, -0.25) is 47.9 Å². The number of nitrogens with two attached hydrogens (primary N) is 4. The zero-order valence-electron chi connectivity index (χ0n) is 82.5. The summed E-state index contributed by atoms with van der Waals surface area (Å²) in [6.45, 7) is 11.6. The third-order valence-corrected chi connectivity index (χ3v) is 26.1. The van der Waals surface area contributed by atoms with Crippen LogP contribution < -0.4 is 65.1 Å². The summed E-state index contributed by atoms with van der Waals surface area (Å²) < 4.78 is 6.83. The van der Waals surface area contributed by atoms with Gasteiger partial charge in [-0.1, -0.05) is 187 Å². The van der Waals surface area contributed by atoms with E-state index < -0.39 is 47.7 Å². The molecular formula is C111H131N23O10. The average molecular weight is 1950 g/mol. The Balaban J connectivity index is 0.000000276. The molecule has 16 rings (SSSR count). The third kappa shape index (κ3) is 26.9. The number of hydrogen-bond acceptors (Lipinski definition) is 19. The van der Waals surface area contributed by atoms with Crippen molar-refractivity contribution in [2.24, 2.45) is 5.73 Å². The number of ketones is 1. The molecule has 8 aromatic heterocycles. The maximum absolute atomic E-state index is 14.8. The molecule has 0 radical (unpaired) electrons. The highest BCUT2D eigenvalue weighted by molar-refractivity contribution is 6.09. The highest BCUT2D eigenvalue weighted by Crippen LogP contribution is 2.35. The summed E-state index contributed by atoms with van der Waals surface area (Å²) >= 11 is 0. The van der Waals surface area contributed by atoms with Crippen LogP contribution in [0.25, 0.3) is 87.6 Å². The number of rotatable bonds is 49. The molecule has 1 aliphatic heterocycles. The predicted octanol–water partition coefficient (Wildman–Crippen LogP) is 14.4. The number of fused-ring (bicyclic) bond motifs is 13. The van der Waals surface area contributed by atoms with E-state index in [0.29, 0.717) is 110 Å². The largest absolute Gasteiger partial charge is 0.382 e. The molecule has 144 heavy (non-hydrogen) atoms. The average Bonchev–Trinajstić information content (AvgIpc) is 1.61. The van der Waals surface area contributed by atoms with E-state index in [0.717, 1.165) is 219 Å². The summed E-state index contributed by atoms with van der Waals surface area (Å²) in [5.74, 6) is 7.47. The molecule has 33 nitrogen and oxygen atoms in total. The van der Waals surface area contributed by atoms with Crippen LogP contribution in [0.15, 0.2) is 182 Å². The molecule has 0 spiro atoms. The van der Waals surface area contributed by atoms with Gasteiger partial charge >= 0.3 is 0 Å². The van der Waals surface area contributed by atoms with Crippen LogP contribution in [-0.2, 0) is 106 Å². The summed E-state index contributed by atoms with van der Waals surface area (Å²) in [5, 5.41) is 24.6. The number of nitrogens with zero attached hydrogens (tertiary/aromatic N) is 10. The molecule has 17 N–H and O–H groups in total. The molecule has 33 heteroatoms. The van der Waals surface area contributed by atoms with Crippen LogP contribution in [0.1, 0.15) is 208 Å². The number of imidazole rings is 3. The fraction of sp³-hybridized carbons (Fsp3) is 0.369. The van der Waals surface area contributed by atoms with Gasteiger partial charge in [0, 0.05) is 171 Å². The summed E-state index contributed by atoms with van der Waals surface area (Å²) in [5.41, 5.74) is 38.3. The molecule has 1 aliphatic rings. The minimum absolute atomic E-state index is 0.0769. The number of nitrogens with one attached hydrogen (secondary N) is 9. The predicted molar refractivity (Wildman–Crippen MR) is 566 cm³/mol. The molecule has 9 amide bonds. The molecule has 750 valence electrons. The third-order valence-electron chi connectivity index (χ3n) is 26.1. The second-order valence-corrected chi connectivity index (χ2v) is 36.5. The Hall–Kier alpha value is -15.9. The van der Waals surface area contributed by atoms with E-state index in [9.17, 15) is 47.9 Å². The minimum Gasteiger partial charge on any atom is -0.382 e. The number of H-pyrrole nitrogens is 2. The number of aromatic amines is 2. The highest BCUT2D eigenvalue weighted by atomic mass is 16.2. The fourth-order valence-electron chi connectivity index (χ4n) is 18.5. The first-order valence-corrected chi connectivity index (χ1v) is 50.5. The summed E-state index contributed by atoms with van der Waals surface area (Å²) in [6.07, 6.45) is 20.3. The van der Waals surface area contributed by atoms with Crippen LogP contribution in [0.2, 0.25) is 0 Å². The Morgan fingerprint density at radius 3 is 1.37 bits per heavy atom. The normalized spacial score (nSPS) is 12.2. The number of para-hydroxylation sites is 6. The second-order valence-electron chi connectivity index (χ2n) is 36.5. The van der Waals surface area contributed by atoms with E-state index in [1.807, 2.05) is 165 Å². The van der Waals surface area contributed by atoms with Crippen LogP contribution in [0.5, 0.6) is 0 Å². The Morgan fingerprint density at radius 1 is 0.417 bits per heavy atom. The van der Waals surface area contributed by atoms with Gasteiger partial charge in [0.2, 0.25) is 53.7 Å². The first kappa shape index (κ1) is 104. The number of primary amides is 1. The van der Waals surface area contributed by atoms with Gasteiger partial charge in [0.1, 0.15) is 57.9 Å². The van der Waals surface area contributed by atoms with E-state index in [2.05, 4.69) is 121 Å². The lowest BCUT2D eigenvalue weighted by molar-refractivity contribution is -0.133. The minimum atomic E-state index is -1.28. The number of Topliss-reactive ketones (excluding diaryl/α,β-unsaturated/α-hetero) is 1. The summed E-state index contributed by atoms with van der Waals surface area (Å²) in [7, 11) is 0. The van der Waals surface area contributed by atoms with Gasteiger partial charge in [-0.2, -0.15) is 0 Å². The number of aromatic nitrogens is 11. The van der Waals surface area contributed by atoms with Crippen LogP contribution in [0.4, 0.5) is 23.1 Å². The number of hydrogen-bond donors (Lipinski definition) is 13. The van der Waals surface area contributed by atoms with Crippen molar-refractivity contribution < 1.29 is 47.9 Å². The number of benzene rings is 7. The molecule has 9 heterocycles. The molecule has 0 aliphatic carbocycles. The zero-order chi connectivity index (χ0) is 101. The molecule has 0 bridgehead atoms. The van der Waals surface area contributed by atoms with Crippen LogP contribution >= 0.6 is 0 Å². The van der Waals surface area contributed by atoms with E-state index >= 15 is 0 Å². The van der Waals surface area contributed by atoms with Crippen molar-refractivity contribution >= 4 is 170 Å². The highest BCUT2D eigenvalue weighted by Gasteiger charge is 2.32. The van der Waals surface area contributed by atoms with Gasteiger partial charge in [0.15, 0.2) is 17.5 Å². The summed E-state index contributed by atoms with van der Waals surface area (Å²) in [6, 6.07) is 51.1. The van der Waals surface area contributed by atoms with Crippen molar-refractivity contribution in [3.63, 3.8) is 0 Å². The van der Waals surface area contributed by atoms with Gasteiger partial charge in [-0.15, -0.1) is 0 Å². The Kier molecular flexibility index (Phi) is 37.2. The van der Waals surface area contributed by atoms with Gasteiger partial charge in [-0.05, 0) is 136 Å². The Bertz CT molecular complexity index is 7160. The standard InChI is InChI=1S/C75H85N15O6.C22H30N4O.C14H16N4O3/c1-3-5-32-62-86-68-70(54-26-11-14-29-57(54)83-72(68)76)88(62)44-19-17-41-78-64(91)34-21-43-80-74(95)60(46-52-47-81-56-28-13-10-25-53(52)56)85-75(96)59(82-66(93)39-40-67(94)90-48-51-24-8-7-22-49(51)35-36-50-23-9-16-31-61(50)90)37-38-65(92)79-42-18-20-45-89-63(33-6-4-2)87-69-71(89)55-27-12-15-30-58(55)84-73(69)77;1-3-5-14-19-25-20-21(17-12-8-9-13-18(17)24-22(20)23)26(19)15-10-6-7-11-16(27)4-2;15-13(20)7-17-14(21)12(18-8-19)5-9-6-16-11-4-2-1-3-10(9)11/h7-16,22-31,47,59-60,81H,3-6,17-21,32-34,37-46,48H2,1-2H3,(H2,76,83)(H2,77,84)(H,78,91)(H,79,92)(H,80,95)(H,82,93)(H,85,96);8-9,12-13H,3-7,10-11,14-15H2,1-2H3,(H2,23,24);1-4,6,8,12,16H,5,7H2,(H2,15,20)(H,17,21)(H,18,19). The van der Waals surface area contributed by atoms with Gasteiger partial charge in [0.05, 0.1) is 51.9 Å². The fourth-order valence-corrected chi connectivity index (χ4v) is 18.5. The maximum Gasteiger partial charge on any atom is 0.243 e. The lowest BCUT2D eigenvalue weighted by Crippen LogP contribution is -2.54. The van der Waals surface area contributed by atoms with Crippen molar-refractivity contribution in [1.82, 2.24) is 90.8 Å². The number of anilines is 4. The first-order chi connectivity index (χ1) is 70.1. The van der Waals surface area contributed by atoms with Gasteiger partial charge in [0.25, 0.3) is 0 Å². The lowest BCUT2D eigenvalue weighted by Gasteiger charge is -2.26. The smallest absolute Gasteiger partial charge is 0.243 e. The SMILES string of the molecule is CCCCc1nc2c(N)nc3ccccc3c2n1CCCCCC(=O)CC.CCCCc1nc2c(N)nc3ccccc3c2n1CCCCNC(=O)CCCNC(=O)C(Cc1c[nH]c2ccccc12)NC(=O)C(CCC(=O)NCCCCn1c(CCCC)nc2c(N)nc3ccccc3c21)NC(=O)CCC(=O)N1Cc2ccccc2C#Cc2ccccc21.NC(=O)CNC(=O)C(Cc1c[nH]c2ccccc12)NC=O. The first-order valence-electron chi connectivity index (χ1n) is 50.5. The molecule has 0 saturated carbocycles. The quantitative estimate of drug-likeness (QED) is 0.00957. The van der Waals surface area contributed by atoms with Crippen molar-refractivity contribution in [3.05, 3.63) is 228 Å². The molecule has 0 saturated heterocycles. The molecular weight excluding hydrogens is 1820 g/mol. The van der Waals surface area contributed by atoms with E-state index in [1.54, 1.807) is 17.3 Å². The molecule has 0 fully saturated rings. The van der Waals surface area contributed by atoms with Crippen LogP contribution in [0.3, 0.4) is 0 Å². The zero-order valence-corrected chi connectivity index (χ0v) is 82.5. The molecule has 3 atom stereocenters. The monoisotopic (exact) mass is 1950 g/mol. The summed E-state index contributed by atoms with van der Waals surface area (Å²) in [4.78, 5) is 166. The van der Waals surface area contributed by atoms with Crippen molar-refractivity contribution in [2.75, 3.05) is 48.3 Å². The van der Waals surface area contributed by atoms with Crippen LogP contribution in [0, 0.1) is 11.8 Å². The van der Waals surface area contributed by atoms with Crippen LogP contribution in [-0.4, -0.2) is 157 Å². The van der Waals surface area contributed by atoms with E-state index in [4.69, 9.17) is 37.9 Å². The second kappa shape index (κ2) is 51.5.